The fourth-order valence-electron chi connectivity index (χ4n) is 2.56. The Morgan fingerprint density at radius 3 is 2.85 bits per heavy atom. The molecule has 0 radical (unpaired) electrons. The van der Waals surface area contributed by atoms with Crippen LogP contribution < -0.4 is 5.32 Å². The molecule has 5 heteroatoms. The third kappa shape index (κ3) is 3.60. The van der Waals surface area contributed by atoms with Crippen LogP contribution in [0.25, 0.3) is 0 Å². The molecule has 1 aromatic rings. The monoisotopic (exact) mass is 295 g/mol. The minimum atomic E-state index is -0.168. The van der Waals surface area contributed by atoms with Gasteiger partial charge in [0.25, 0.3) is 0 Å². The summed E-state index contributed by atoms with van der Waals surface area (Å²) in [6.07, 6.45) is 4.06. The molecule has 0 aliphatic carbocycles. The number of aromatic hydroxyl groups is 2. The van der Waals surface area contributed by atoms with E-state index in [0.717, 1.165) is 42.6 Å². The maximum atomic E-state index is 11.5. The molecule has 1 aliphatic rings. The second-order valence-electron chi connectivity index (χ2n) is 5.13. The summed E-state index contributed by atoms with van der Waals surface area (Å²) in [7, 11) is 0. The number of phenols is 2. The summed E-state index contributed by atoms with van der Waals surface area (Å²) >= 11 is 1.57. The summed E-state index contributed by atoms with van der Waals surface area (Å²) in [6, 6.07) is 2.89. The van der Waals surface area contributed by atoms with E-state index in [4.69, 9.17) is 0 Å². The highest BCUT2D eigenvalue weighted by molar-refractivity contribution is 8.00. The lowest BCUT2D eigenvalue weighted by molar-refractivity contribution is -0.119. The van der Waals surface area contributed by atoms with E-state index in [1.54, 1.807) is 17.8 Å². The Morgan fingerprint density at radius 1 is 1.35 bits per heavy atom. The Balaban J connectivity index is 2.26. The van der Waals surface area contributed by atoms with E-state index in [-0.39, 0.29) is 23.4 Å². The maximum Gasteiger partial charge on any atom is 0.230 e. The lowest BCUT2D eigenvalue weighted by Gasteiger charge is -2.26. The van der Waals surface area contributed by atoms with Gasteiger partial charge in [-0.25, -0.2) is 0 Å². The summed E-state index contributed by atoms with van der Waals surface area (Å²) in [5, 5.41) is 22.7. The first-order valence-electron chi connectivity index (χ1n) is 7.03. The van der Waals surface area contributed by atoms with Crippen LogP contribution in [0.15, 0.2) is 12.1 Å². The quantitative estimate of drug-likeness (QED) is 0.731. The van der Waals surface area contributed by atoms with E-state index >= 15 is 0 Å². The molecule has 1 heterocycles. The van der Waals surface area contributed by atoms with Crippen molar-refractivity contribution in [2.75, 3.05) is 11.5 Å². The summed E-state index contributed by atoms with van der Waals surface area (Å²) in [5.74, 6) is 1.38. The zero-order chi connectivity index (χ0) is 14.5. The van der Waals surface area contributed by atoms with Crippen molar-refractivity contribution in [3.8, 4) is 11.5 Å². The molecule has 1 amide bonds. The molecule has 0 saturated carbocycles. The highest BCUT2D eigenvalue weighted by Crippen LogP contribution is 2.35. The van der Waals surface area contributed by atoms with Crippen molar-refractivity contribution in [1.29, 1.82) is 0 Å². The lowest BCUT2D eigenvalue weighted by Crippen LogP contribution is -2.36. The highest BCUT2D eigenvalue weighted by Gasteiger charge is 2.25. The Bertz CT molecular complexity index is 490. The second-order valence-corrected chi connectivity index (χ2v) is 6.16. The molecular weight excluding hydrogens is 274 g/mol. The first kappa shape index (κ1) is 15.0. The zero-order valence-corrected chi connectivity index (χ0v) is 12.5. The van der Waals surface area contributed by atoms with E-state index < -0.39 is 0 Å². The number of nitrogens with one attached hydrogen (secondary N) is 1. The lowest BCUT2D eigenvalue weighted by atomic mass is 9.95. The Kier molecular flexibility index (Phi) is 5.17. The number of aryl methyl sites for hydroxylation is 1. The van der Waals surface area contributed by atoms with Crippen molar-refractivity contribution >= 4 is 17.7 Å². The first-order valence-corrected chi connectivity index (χ1v) is 8.19. The zero-order valence-electron chi connectivity index (χ0n) is 11.7. The van der Waals surface area contributed by atoms with E-state index in [2.05, 4.69) is 12.2 Å². The fraction of sp³-hybridized carbons (Fsp3) is 0.533. The van der Waals surface area contributed by atoms with Crippen LogP contribution in [0.3, 0.4) is 0 Å². The Morgan fingerprint density at radius 2 is 2.15 bits per heavy atom. The van der Waals surface area contributed by atoms with Crippen molar-refractivity contribution in [2.45, 2.75) is 38.6 Å². The molecule has 1 saturated heterocycles. The molecule has 3 N–H and O–H groups in total. The predicted octanol–water partition coefficient (Wildman–Crippen LogP) is 2.73. The van der Waals surface area contributed by atoms with Crippen LogP contribution in [0.4, 0.5) is 0 Å². The van der Waals surface area contributed by atoms with Gasteiger partial charge in [-0.3, -0.25) is 4.79 Å². The SMILES string of the molecule is CCCCCc1cc(O)cc(O)c1C1CSCC(=O)N1. The molecule has 2 rings (SSSR count). The van der Waals surface area contributed by atoms with Crippen LogP contribution in [0.5, 0.6) is 11.5 Å². The molecule has 110 valence electrons. The van der Waals surface area contributed by atoms with Crippen LogP contribution in [-0.2, 0) is 11.2 Å². The molecule has 0 bridgehead atoms. The smallest absolute Gasteiger partial charge is 0.230 e. The number of hydrogen-bond donors (Lipinski definition) is 3. The number of benzene rings is 1. The standard InChI is InChI=1S/C15H21NO3S/c1-2-3-4-5-10-6-11(17)7-13(18)15(10)12-8-20-9-14(19)16-12/h6-7,12,17-18H,2-5,8-9H2,1H3,(H,16,19). The number of amides is 1. The van der Waals surface area contributed by atoms with Crippen LogP contribution in [0.1, 0.15) is 43.4 Å². The number of unbranched alkanes of at least 4 members (excludes halogenated alkanes) is 2. The summed E-state index contributed by atoms with van der Waals surface area (Å²) in [5.41, 5.74) is 1.70. The minimum Gasteiger partial charge on any atom is -0.508 e. The van der Waals surface area contributed by atoms with Gasteiger partial charge in [-0.15, -0.1) is 11.8 Å². The molecule has 0 aromatic heterocycles. The van der Waals surface area contributed by atoms with E-state index in [1.807, 2.05) is 0 Å². The highest BCUT2D eigenvalue weighted by atomic mass is 32.2. The topological polar surface area (TPSA) is 69.6 Å². The number of hydrogen-bond acceptors (Lipinski definition) is 4. The number of carbonyl (C=O) groups excluding carboxylic acids is 1. The van der Waals surface area contributed by atoms with Gasteiger partial charge in [0.15, 0.2) is 0 Å². The summed E-state index contributed by atoms with van der Waals surface area (Å²) in [4.78, 5) is 11.5. The van der Waals surface area contributed by atoms with Crippen molar-refractivity contribution in [3.05, 3.63) is 23.3 Å². The third-order valence-electron chi connectivity index (χ3n) is 3.48. The maximum absolute atomic E-state index is 11.5. The van der Waals surface area contributed by atoms with Crippen LogP contribution in [0.2, 0.25) is 0 Å². The van der Waals surface area contributed by atoms with Crippen LogP contribution in [-0.4, -0.2) is 27.6 Å². The molecule has 1 unspecified atom stereocenters. The molecule has 1 aromatic carbocycles. The van der Waals surface area contributed by atoms with Crippen molar-refractivity contribution < 1.29 is 15.0 Å². The van der Waals surface area contributed by atoms with Gasteiger partial charge in [0.2, 0.25) is 5.91 Å². The fourth-order valence-corrected chi connectivity index (χ4v) is 3.43. The Hall–Kier alpha value is -1.36. The van der Waals surface area contributed by atoms with Crippen LogP contribution >= 0.6 is 11.8 Å². The van der Waals surface area contributed by atoms with Gasteiger partial charge >= 0.3 is 0 Å². The van der Waals surface area contributed by atoms with Gasteiger partial charge in [0, 0.05) is 17.4 Å². The second kappa shape index (κ2) is 6.88. The molecule has 4 nitrogen and oxygen atoms in total. The van der Waals surface area contributed by atoms with Gasteiger partial charge < -0.3 is 15.5 Å². The predicted molar refractivity (Wildman–Crippen MR) is 81.2 cm³/mol. The molecule has 20 heavy (non-hydrogen) atoms. The van der Waals surface area contributed by atoms with Crippen molar-refractivity contribution in [3.63, 3.8) is 0 Å². The minimum absolute atomic E-state index is 0.00164. The van der Waals surface area contributed by atoms with Gasteiger partial charge in [-0.2, -0.15) is 0 Å². The van der Waals surface area contributed by atoms with Gasteiger partial charge in [0.05, 0.1) is 11.8 Å². The first-order chi connectivity index (χ1) is 9.61. The van der Waals surface area contributed by atoms with Crippen molar-refractivity contribution in [1.82, 2.24) is 5.32 Å². The molecule has 0 spiro atoms. The van der Waals surface area contributed by atoms with E-state index in [0.29, 0.717) is 5.75 Å². The van der Waals surface area contributed by atoms with E-state index in [9.17, 15) is 15.0 Å². The van der Waals surface area contributed by atoms with Crippen LogP contribution in [0, 0.1) is 0 Å². The summed E-state index contributed by atoms with van der Waals surface area (Å²) in [6.45, 7) is 2.14. The largest absolute Gasteiger partial charge is 0.508 e. The number of thioether (sulfide) groups is 1. The number of phenolic OH excluding ortho intramolecular Hbond substituents is 2. The average molecular weight is 295 g/mol. The van der Waals surface area contributed by atoms with E-state index in [1.165, 1.54) is 6.07 Å². The van der Waals surface area contributed by atoms with Gasteiger partial charge in [-0.05, 0) is 24.5 Å². The number of carbonyl (C=O) groups is 1. The Labute approximate surface area is 123 Å². The normalized spacial score (nSPS) is 18.9. The molecule has 1 aliphatic heterocycles. The molecular formula is C15H21NO3S. The summed E-state index contributed by atoms with van der Waals surface area (Å²) < 4.78 is 0. The molecule has 1 atom stereocenters. The van der Waals surface area contributed by atoms with Crippen molar-refractivity contribution in [2.24, 2.45) is 0 Å². The molecule has 1 fully saturated rings. The number of rotatable bonds is 5. The third-order valence-corrected chi connectivity index (χ3v) is 4.51. The average Bonchev–Trinajstić information content (AvgIpc) is 2.38. The van der Waals surface area contributed by atoms with Gasteiger partial charge in [-0.1, -0.05) is 19.8 Å². The van der Waals surface area contributed by atoms with Gasteiger partial charge in [0.1, 0.15) is 11.5 Å².